The molecule has 0 saturated carbocycles. The van der Waals surface area contributed by atoms with Crippen LogP contribution in [0.15, 0.2) is 66.7 Å². The van der Waals surface area contributed by atoms with Crippen LogP contribution in [0.1, 0.15) is 25.0 Å². The lowest BCUT2D eigenvalue weighted by atomic mass is 9.98. The van der Waals surface area contributed by atoms with Crippen molar-refractivity contribution < 1.29 is 14.6 Å². The number of carboxylic acids is 1. The molecule has 0 saturated heterocycles. The number of nitrogens with zero attached hydrogens (tertiary/aromatic N) is 1. The van der Waals surface area contributed by atoms with E-state index >= 15 is 0 Å². The quantitative estimate of drug-likeness (QED) is 0.404. The molecule has 29 heavy (non-hydrogen) atoms. The van der Waals surface area contributed by atoms with E-state index in [4.69, 9.17) is 4.74 Å². The Balaban J connectivity index is 2.04. The van der Waals surface area contributed by atoms with Gasteiger partial charge >= 0.3 is 5.97 Å². The highest BCUT2D eigenvalue weighted by molar-refractivity contribution is 6.22. The maximum absolute atomic E-state index is 12.0. The summed E-state index contributed by atoms with van der Waals surface area (Å²) in [6.07, 6.45) is 1.73. The number of fused-ring (bicyclic) bond motifs is 1. The molecular formula is C25H27NO3. The van der Waals surface area contributed by atoms with Gasteiger partial charge in [-0.2, -0.15) is 0 Å². The molecule has 3 aromatic rings. The minimum atomic E-state index is -0.960. The first-order valence-electron chi connectivity index (χ1n) is 10.0. The van der Waals surface area contributed by atoms with Gasteiger partial charge in [0.2, 0.25) is 0 Å². The molecule has 0 aliphatic rings. The van der Waals surface area contributed by atoms with Gasteiger partial charge in [0.1, 0.15) is 12.4 Å². The molecule has 0 aliphatic heterocycles. The predicted octanol–water partition coefficient (Wildman–Crippen LogP) is 5.19. The topological polar surface area (TPSA) is 49.8 Å². The van der Waals surface area contributed by atoms with E-state index in [0.717, 1.165) is 36.0 Å². The van der Waals surface area contributed by atoms with Gasteiger partial charge in [0.05, 0.1) is 5.57 Å². The van der Waals surface area contributed by atoms with E-state index in [1.54, 1.807) is 6.08 Å². The molecule has 3 aromatic carbocycles. The second-order valence-electron chi connectivity index (χ2n) is 6.80. The van der Waals surface area contributed by atoms with Gasteiger partial charge in [-0.1, -0.05) is 74.5 Å². The first-order valence-corrected chi connectivity index (χ1v) is 10.0. The van der Waals surface area contributed by atoms with E-state index in [-0.39, 0.29) is 5.57 Å². The normalized spacial score (nSPS) is 11.8. The Hall–Kier alpha value is -3.11. The molecule has 0 spiro atoms. The number of ether oxygens (including phenoxy) is 1. The molecule has 4 nitrogen and oxygen atoms in total. The molecule has 0 heterocycles. The van der Waals surface area contributed by atoms with Crippen LogP contribution in [0.3, 0.4) is 0 Å². The van der Waals surface area contributed by atoms with Crippen LogP contribution >= 0.6 is 0 Å². The third-order valence-corrected chi connectivity index (χ3v) is 5.09. The number of hydrogen-bond donors (Lipinski definition) is 1. The highest BCUT2D eigenvalue weighted by Crippen LogP contribution is 2.32. The summed E-state index contributed by atoms with van der Waals surface area (Å²) >= 11 is 0. The van der Waals surface area contributed by atoms with E-state index in [2.05, 4.69) is 18.7 Å². The van der Waals surface area contributed by atoms with Gasteiger partial charge in [-0.3, -0.25) is 0 Å². The molecule has 4 heteroatoms. The summed E-state index contributed by atoms with van der Waals surface area (Å²) < 4.78 is 6.12. The average molecular weight is 389 g/mol. The molecule has 0 radical (unpaired) electrons. The SMILES string of the molecule is CCN(CC)CCOc1ccc2ccccc2c1/C=C(/C(=O)O)c1ccccc1. The van der Waals surface area contributed by atoms with Crippen molar-refractivity contribution in [2.45, 2.75) is 13.8 Å². The van der Waals surface area contributed by atoms with E-state index in [0.29, 0.717) is 17.9 Å². The third-order valence-electron chi connectivity index (χ3n) is 5.09. The number of benzene rings is 3. The van der Waals surface area contributed by atoms with Gasteiger partial charge in [-0.25, -0.2) is 4.79 Å². The maximum atomic E-state index is 12.0. The lowest BCUT2D eigenvalue weighted by Crippen LogP contribution is -2.28. The Bertz CT molecular complexity index is 991. The predicted molar refractivity (Wildman–Crippen MR) is 119 cm³/mol. The lowest BCUT2D eigenvalue weighted by molar-refractivity contribution is -0.130. The van der Waals surface area contributed by atoms with Gasteiger partial charge < -0.3 is 14.7 Å². The Morgan fingerprint density at radius 3 is 2.34 bits per heavy atom. The smallest absolute Gasteiger partial charge is 0.336 e. The van der Waals surface area contributed by atoms with Crippen molar-refractivity contribution in [3.05, 3.63) is 77.9 Å². The van der Waals surface area contributed by atoms with Crippen molar-refractivity contribution in [2.24, 2.45) is 0 Å². The van der Waals surface area contributed by atoms with Crippen LogP contribution in [0.5, 0.6) is 5.75 Å². The molecule has 0 unspecified atom stereocenters. The van der Waals surface area contributed by atoms with Crippen LogP contribution in [-0.4, -0.2) is 42.2 Å². The molecule has 3 rings (SSSR count). The minimum Gasteiger partial charge on any atom is -0.492 e. The summed E-state index contributed by atoms with van der Waals surface area (Å²) in [6, 6.07) is 21.1. The number of carboxylic acid groups (broad SMARTS) is 1. The van der Waals surface area contributed by atoms with Crippen LogP contribution in [0.25, 0.3) is 22.4 Å². The van der Waals surface area contributed by atoms with E-state index in [9.17, 15) is 9.90 Å². The van der Waals surface area contributed by atoms with E-state index in [1.807, 2.05) is 66.7 Å². The monoisotopic (exact) mass is 389 g/mol. The third kappa shape index (κ3) is 5.04. The Morgan fingerprint density at radius 2 is 1.66 bits per heavy atom. The summed E-state index contributed by atoms with van der Waals surface area (Å²) in [5, 5.41) is 11.9. The van der Waals surface area contributed by atoms with Gasteiger partial charge in [-0.15, -0.1) is 0 Å². The molecule has 0 fully saturated rings. The molecule has 0 aromatic heterocycles. The highest BCUT2D eigenvalue weighted by atomic mass is 16.5. The van der Waals surface area contributed by atoms with Crippen molar-refractivity contribution in [3.63, 3.8) is 0 Å². The fourth-order valence-electron chi connectivity index (χ4n) is 3.41. The van der Waals surface area contributed by atoms with E-state index < -0.39 is 5.97 Å². The van der Waals surface area contributed by atoms with Crippen LogP contribution in [0.4, 0.5) is 0 Å². The Kier molecular flexibility index (Phi) is 7.04. The molecule has 1 N–H and O–H groups in total. The molecule has 0 amide bonds. The summed E-state index contributed by atoms with van der Waals surface area (Å²) in [7, 11) is 0. The average Bonchev–Trinajstić information content (AvgIpc) is 2.76. The lowest BCUT2D eigenvalue weighted by Gasteiger charge is -2.19. The van der Waals surface area contributed by atoms with Gasteiger partial charge in [0, 0.05) is 12.1 Å². The Morgan fingerprint density at radius 1 is 0.966 bits per heavy atom. The number of carbonyl (C=O) groups is 1. The fraction of sp³-hybridized carbons (Fsp3) is 0.240. The Labute approximate surface area is 172 Å². The zero-order valence-corrected chi connectivity index (χ0v) is 17.0. The summed E-state index contributed by atoms with van der Waals surface area (Å²) in [5.41, 5.74) is 1.71. The van der Waals surface area contributed by atoms with Crippen LogP contribution in [0.2, 0.25) is 0 Å². The fourth-order valence-corrected chi connectivity index (χ4v) is 3.41. The second-order valence-corrected chi connectivity index (χ2v) is 6.80. The van der Waals surface area contributed by atoms with Crippen molar-refractivity contribution in [3.8, 4) is 5.75 Å². The summed E-state index contributed by atoms with van der Waals surface area (Å²) in [5.74, 6) is -0.260. The van der Waals surface area contributed by atoms with E-state index in [1.165, 1.54) is 0 Å². The van der Waals surface area contributed by atoms with Crippen molar-refractivity contribution in [1.29, 1.82) is 0 Å². The summed E-state index contributed by atoms with van der Waals surface area (Å²) in [4.78, 5) is 14.3. The molecular weight excluding hydrogens is 362 g/mol. The minimum absolute atomic E-state index is 0.246. The number of likely N-dealkylation sites (N-methyl/N-ethyl adjacent to an activating group) is 1. The molecule has 0 bridgehead atoms. The molecule has 0 aliphatic carbocycles. The number of hydrogen-bond acceptors (Lipinski definition) is 3. The molecule has 0 atom stereocenters. The molecule has 150 valence electrons. The van der Waals surface area contributed by atoms with Gasteiger partial charge in [-0.05, 0) is 41.6 Å². The number of rotatable bonds is 9. The largest absolute Gasteiger partial charge is 0.492 e. The van der Waals surface area contributed by atoms with Crippen molar-refractivity contribution >= 4 is 28.4 Å². The van der Waals surface area contributed by atoms with Crippen LogP contribution < -0.4 is 4.74 Å². The standard InChI is InChI=1S/C25H27NO3/c1-3-26(4-2)16-17-29-24-15-14-20-12-8-9-13-21(20)23(24)18-22(25(27)28)19-10-6-5-7-11-19/h5-15,18H,3-4,16-17H2,1-2H3,(H,27,28)/b22-18+. The van der Waals surface area contributed by atoms with Gasteiger partial charge in [0.25, 0.3) is 0 Å². The van der Waals surface area contributed by atoms with Crippen LogP contribution in [-0.2, 0) is 4.79 Å². The zero-order chi connectivity index (χ0) is 20.6. The van der Waals surface area contributed by atoms with Crippen molar-refractivity contribution in [1.82, 2.24) is 4.90 Å². The second kappa shape index (κ2) is 9.89. The number of aliphatic carboxylic acids is 1. The zero-order valence-electron chi connectivity index (χ0n) is 17.0. The summed E-state index contributed by atoms with van der Waals surface area (Å²) in [6.45, 7) is 7.59. The maximum Gasteiger partial charge on any atom is 0.336 e. The highest BCUT2D eigenvalue weighted by Gasteiger charge is 2.14. The van der Waals surface area contributed by atoms with Crippen LogP contribution in [0, 0.1) is 0 Å². The van der Waals surface area contributed by atoms with Crippen molar-refractivity contribution in [2.75, 3.05) is 26.2 Å². The first kappa shape index (κ1) is 20.6. The first-order chi connectivity index (χ1) is 14.1. The van der Waals surface area contributed by atoms with Gasteiger partial charge in [0.15, 0.2) is 0 Å².